The van der Waals surface area contributed by atoms with Crippen molar-refractivity contribution in [1.82, 2.24) is 0 Å². The van der Waals surface area contributed by atoms with Crippen LogP contribution in [0.4, 0.5) is 0 Å². The van der Waals surface area contributed by atoms with E-state index in [1.807, 2.05) is 0 Å². The van der Waals surface area contributed by atoms with E-state index in [1.165, 1.54) is 6.92 Å². The first kappa shape index (κ1) is 13.5. The molecule has 0 spiro atoms. The predicted molar refractivity (Wildman–Crippen MR) is 54.3 cm³/mol. The van der Waals surface area contributed by atoms with E-state index in [0.29, 0.717) is 0 Å². The summed E-state index contributed by atoms with van der Waals surface area (Å²) < 4.78 is -0.520. The normalized spacial score (nSPS) is 21.2. The van der Waals surface area contributed by atoms with Crippen molar-refractivity contribution >= 4 is 22.6 Å². The molecular formula is C7H15IO5. The van der Waals surface area contributed by atoms with Gasteiger partial charge in [-0.1, -0.05) is 29.5 Å². The molecule has 0 aromatic rings. The zero-order valence-corrected chi connectivity index (χ0v) is 9.37. The van der Waals surface area contributed by atoms with Crippen molar-refractivity contribution in [3.63, 3.8) is 0 Å². The molecule has 0 saturated carbocycles. The van der Waals surface area contributed by atoms with Crippen LogP contribution in [-0.2, 0) is 0 Å². The molecule has 4 atom stereocenters. The largest absolute Gasteiger partial charge is 0.395 e. The second-order valence-electron chi connectivity index (χ2n) is 2.95. The van der Waals surface area contributed by atoms with E-state index in [9.17, 15) is 10.2 Å². The lowest BCUT2D eigenvalue weighted by molar-refractivity contribution is -0.134. The Morgan fingerprint density at radius 2 is 1.54 bits per heavy atom. The van der Waals surface area contributed by atoms with Crippen LogP contribution in [0.1, 0.15) is 6.92 Å². The van der Waals surface area contributed by atoms with Gasteiger partial charge in [-0.3, -0.25) is 0 Å². The number of halogens is 1. The number of hydrogen-bond donors (Lipinski definition) is 5. The van der Waals surface area contributed by atoms with E-state index in [0.717, 1.165) is 0 Å². The van der Waals surface area contributed by atoms with E-state index in [1.54, 1.807) is 22.6 Å². The first-order valence-corrected chi connectivity index (χ1v) is 5.13. The molecule has 0 rings (SSSR count). The molecule has 0 aromatic carbocycles. The molecule has 6 heteroatoms. The molecule has 0 aliphatic carbocycles. The third-order valence-corrected chi connectivity index (χ3v) is 3.03. The topological polar surface area (TPSA) is 101 Å². The second-order valence-corrected chi connectivity index (χ2v) is 4.55. The Labute approximate surface area is 90.2 Å². The number of rotatable bonds is 5. The summed E-state index contributed by atoms with van der Waals surface area (Å²) in [5.74, 6) is -0.848. The van der Waals surface area contributed by atoms with Crippen LogP contribution in [0.5, 0.6) is 0 Å². The fourth-order valence-electron chi connectivity index (χ4n) is 0.809. The number of hydrogen-bond acceptors (Lipinski definition) is 5. The highest BCUT2D eigenvalue weighted by Gasteiger charge is 2.31. The third kappa shape index (κ3) is 4.05. The molecule has 0 amide bonds. The van der Waals surface area contributed by atoms with Crippen LogP contribution in [-0.4, -0.2) is 54.6 Å². The Morgan fingerprint density at radius 1 is 1.08 bits per heavy atom. The molecular weight excluding hydrogens is 291 g/mol. The van der Waals surface area contributed by atoms with Crippen molar-refractivity contribution < 1.29 is 25.5 Å². The monoisotopic (exact) mass is 306 g/mol. The zero-order chi connectivity index (χ0) is 10.6. The first-order chi connectivity index (χ1) is 5.91. The minimum absolute atomic E-state index is 0.271. The fraction of sp³-hybridized carbons (Fsp3) is 1.00. The van der Waals surface area contributed by atoms with Gasteiger partial charge in [0.05, 0.1) is 22.7 Å². The first-order valence-electron chi connectivity index (χ1n) is 3.89. The second kappa shape index (κ2) is 6.10. The van der Waals surface area contributed by atoms with Gasteiger partial charge in [0.15, 0.2) is 6.29 Å². The van der Waals surface area contributed by atoms with E-state index < -0.39 is 28.3 Å². The summed E-state index contributed by atoms with van der Waals surface area (Å²) >= 11 is 1.78. The van der Waals surface area contributed by atoms with Crippen molar-refractivity contribution in [2.45, 2.75) is 29.3 Å². The van der Waals surface area contributed by atoms with Crippen molar-refractivity contribution in [3.05, 3.63) is 0 Å². The highest BCUT2D eigenvalue weighted by Crippen LogP contribution is 2.17. The molecule has 13 heavy (non-hydrogen) atoms. The predicted octanol–water partition coefficient (Wildman–Crippen LogP) is -1.55. The van der Waals surface area contributed by atoms with Crippen molar-refractivity contribution in [3.8, 4) is 0 Å². The van der Waals surface area contributed by atoms with Crippen molar-refractivity contribution in [1.29, 1.82) is 0 Å². The summed E-state index contributed by atoms with van der Waals surface area (Å²) in [6, 6.07) is 0. The molecule has 3 unspecified atom stereocenters. The van der Waals surface area contributed by atoms with Crippen LogP contribution < -0.4 is 0 Å². The Kier molecular flexibility index (Phi) is 6.34. The van der Waals surface area contributed by atoms with E-state index in [-0.39, 0.29) is 6.61 Å². The molecule has 0 heterocycles. The van der Waals surface area contributed by atoms with Gasteiger partial charge in [0.2, 0.25) is 0 Å². The Bertz CT molecular complexity index is 143. The lowest BCUT2D eigenvalue weighted by atomic mass is 9.97. The van der Waals surface area contributed by atoms with Crippen LogP contribution >= 0.6 is 22.6 Å². The fourth-order valence-corrected chi connectivity index (χ4v) is 1.23. The van der Waals surface area contributed by atoms with Gasteiger partial charge >= 0.3 is 0 Å². The third-order valence-electron chi connectivity index (χ3n) is 1.90. The minimum atomic E-state index is -1.67. The summed E-state index contributed by atoms with van der Waals surface area (Å²) in [6.07, 6.45) is -4.09. The molecule has 0 aromatic heterocycles. The lowest BCUT2D eigenvalue weighted by Crippen LogP contribution is -2.43. The molecule has 0 fully saturated rings. The summed E-state index contributed by atoms with van der Waals surface area (Å²) in [6.45, 7) is 1.13. The van der Waals surface area contributed by atoms with Crippen LogP contribution in [0.15, 0.2) is 0 Å². The summed E-state index contributed by atoms with van der Waals surface area (Å²) in [7, 11) is 0. The van der Waals surface area contributed by atoms with Gasteiger partial charge in [-0.15, -0.1) is 0 Å². The lowest BCUT2D eigenvalue weighted by Gasteiger charge is -2.27. The average molecular weight is 306 g/mol. The quantitative estimate of drug-likeness (QED) is 0.241. The molecule has 0 aliphatic rings. The standard InChI is InChI=1S/C7H15IO5/c1-3(7(12)13)5(10)6(11)4(8)2-9/h3-7,9-13H,2H2,1H3/t3?,4?,5?,6-/m1/s1. The summed E-state index contributed by atoms with van der Waals surface area (Å²) in [5, 5.41) is 44.8. The Balaban J connectivity index is 4.15. The molecule has 5 N–H and O–H groups in total. The van der Waals surface area contributed by atoms with Gasteiger partial charge in [0.1, 0.15) is 0 Å². The maximum Gasteiger partial charge on any atom is 0.156 e. The Morgan fingerprint density at radius 3 is 1.85 bits per heavy atom. The molecule has 0 saturated heterocycles. The SMILES string of the molecule is CC(C(O)O)C(O)[C@H](O)C(I)CO. The summed E-state index contributed by atoms with van der Waals surface area (Å²) in [4.78, 5) is 0. The minimum Gasteiger partial charge on any atom is -0.395 e. The Hall–Kier alpha value is 0.530. The maximum absolute atomic E-state index is 9.37. The van der Waals surface area contributed by atoms with Gasteiger partial charge in [-0.05, 0) is 0 Å². The average Bonchev–Trinajstić information content (AvgIpc) is 2.12. The van der Waals surface area contributed by atoms with Crippen LogP contribution in [0.25, 0.3) is 0 Å². The smallest absolute Gasteiger partial charge is 0.156 e. The van der Waals surface area contributed by atoms with Gasteiger partial charge in [-0.25, -0.2) is 0 Å². The van der Waals surface area contributed by atoms with E-state index in [4.69, 9.17) is 15.3 Å². The van der Waals surface area contributed by atoms with Crippen LogP contribution in [0, 0.1) is 5.92 Å². The number of alkyl halides is 1. The molecule has 0 bridgehead atoms. The van der Waals surface area contributed by atoms with Gasteiger partial charge in [0.25, 0.3) is 0 Å². The maximum atomic E-state index is 9.37. The highest BCUT2D eigenvalue weighted by atomic mass is 127. The molecule has 0 radical (unpaired) electrons. The van der Waals surface area contributed by atoms with E-state index in [2.05, 4.69) is 0 Å². The van der Waals surface area contributed by atoms with Crippen LogP contribution in [0.2, 0.25) is 0 Å². The van der Waals surface area contributed by atoms with E-state index >= 15 is 0 Å². The zero-order valence-electron chi connectivity index (χ0n) is 7.21. The van der Waals surface area contributed by atoms with Gasteiger partial charge < -0.3 is 25.5 Å². The van der Waals surface area contributed by atoms with Crippen molar-refractivity contribution in [2.75, 3.05) is 6.61 Å². The van der Waals surface area contributed by atoms with Crippen molar-refractivity contribution in [2.24, 2.45) is 5.92 Å². The van der Waals surface area contributed by atoms with Gasteiger partial charge in [-0.2, -0.15) is 0 Å². The molecule has 0 aliphatic heterocycles. The number of aliphatic hydroxyl groups excluding tert-OH is 4. The molecule has 5 nitrogen and oxygen atoms in total. The molecule has 80 valence electrons. The summed E-state index contributed by atoms with van der Waals surface area (Å²) in [5.41, 5.74) is 0. The van der Waals surface area contributed by atoms with Gasteiger partial charge in [0, 0.05) is 5.92 Å². The van der Waals surface area contributed by atoms with Crippen LogP contribution in [0.3, 0.4) is 0 Å². The highest BCUT2D eigenvalue weighted by molar-refractivity contribution is 14.1. The number of aliphatic hydroxyl groups is 5.